The average molecular weight is 374 g/mol. The lowest BCUT2D eigenvalue weighted by molar-refractivity contribution is 0.249. The molecule has 28 heavy (non-hydrogen) atoms. The summed E-state index contributed by atoms with van der Waals surface area (Å²) < 4.78 is 1.65. The number of carbonyl (C=O) groups is 1. The van der Waals surface area contributed by atoms with Gasteiger partial charge in [-0.1, -0.05) is 18.2 Å². The molecule has 1 fully saturated rings. The highest BCUT2D eigenvalue weighted by atomic mass is 16.2. The molecule has 0 spiro atoms. The quantitative estimate of drug-likeness (QED) is 0.569. The zero-order valence-electron chi connectivity index (χ0n) is 15.0. The number of carbonyl (C=O) groups excluding carboxylic acids is 1. The van der Waals surface area contributed by atoms with Crippen LogP contribution >= 0.6 is 0 Å². The van der Waals surface area contributed by atoms with Crippen LogP contribution in [0.25, 0.3) is 16.6 Å². The highest BCUT2D eigenvalue weighted by molar-refractivity contribution is 5.99. The van der Waals surface area contributed by atoms with Crippen molar-refractivity contribution in [2.75, 3.05) is 23.3 Å². The first-order valence-corrected chi connectivity index (χ1v) is 9.09. The monoisotopic (exact) mass is 374 g/mol. The third kappa shape index (κ3) is 3.07. The van der Waals surface area contributed by atoms with E-state index >= 15 is 0 Å². The van der Waals surface area contributed by atoms with Crippen LogP contribution in [0.3, 0.4) is 0 Å². The Kier molecular flexibility index (Phi) is 3.97. The second kappa shape index (κ2) is 6.76. The topological polar surface area (TPSA) is 100 Å². The number of nitrogens with one attached hydrogen (secondary N) is 2. The Labute approximate surface area is 160 Å². The summed E-state index contributed by atoms with van der Waals surface area (Å²) in [6.07, 6.45) is 4.15. The second-order valence-electron chi connectivity index (χ2n) is 6.74. The van der Waals surface area contributed by atoms with Gasteiger partial charge in [-0.2, -0.15) is 4.52 Å². The summed E-state index contributed by atoms with van der Waals surface area (Å²) in [5.74, 6) is 0.843. The van der Waals surface area contributed by atoms with Crippen LogP contribution in [0, 0.1) is 0 Å². The summed E-state index contributed by atoms with van der Waals surface area (Å²) in [6.45, 7) is 1.52. The molecule has 0 saturated carbocycles. The SMILES string of the molecule is O=C(Nc1cccc2cccnc12)NC1CCN(c2ccc3nncn3n2)C1. The average Bonchev–Trinajstić information content (AvgIpc) is 3.37. The van der Waals surface area contributed by atoms with Crippen molar-refractivity contribution >= 4 is 34.1 Å². The Morgan fingerprint density at radius 1 is 1.14 bits per heavy atom. The van der Waals surface area contributed by atoms with Gasteiger partial charge < -0.3 is 15.5 Å². The molecule has 1 aliphatic rings. The Bertz CT molecular complexity index is 1150. The zero-order chi connectivity index (χ0) is 18.9. The molecule has 0 bridgehead atoms. The minimum absolute atomic E-state index is 0.0429. The largest absolute Gasteiger partial charge is 0.353 e. The van der Waals surface area contributed by atoms with Gasteiger partial charge in [0.2, 0.25) is 0 Å². The van der Waals surface area contributed by atoms with Gasteiger partial charge in [0.1, 0.15) is 12.1 Å². The van der Waals surface area contributed by atoms with Gasteiger partial charge in [0, 0.05) is 30.7 Å². The van der Waals surface area contributed by atoms with Gasteiger partial charge in [-0.15, -0.1) is 15.3 Å². The van der Waals surface area contributed by atoms with Crippen LogP contribution in [0.15, 0.2) is 55.0 Å². The van der Waals surface area contributed by atoms with E-state index in [4.69, 9.17) is 0 Å². The van der Waals surface area contributed by atoms with Crippen LogP contribution in [-0.4, -0.2) is 50.0 Å². The summed E-state index contributed by atoms with van der Waals surface area (Å²) in [5.41, 5.74) is 2.19. The number of anilines is 2. The molecule has 0 aliphatic carbocycles. The van der Waals surface area contributed by atoms with E-state index in [1.165, 1.54) is 0 Å². The molecule has 5 rings (SSSR count). The number of benzene rings is 1. The lowest BCUT2D eigenvalue weighted by Crippen LogP contribution is -2.39. The molecule has 0 radical (unpaired) electrons. The predicted octanol–water partition coefficient (Wildman–Crippen LogP) is 2.07. The van der Waals surface area contributed by atoms with Gasteiger partial charge >= 0.3 is 6.03 Å². The van der Waals surface area contributed by atoms with E-state index in [0.29, 0.717) is 17.9 Å². The molecule has 9 heteroatoms. The van der Waals surface area contributed by atoms with Crippen LogP contribution in [-0.2, 0) is 0 Å². The van der Waals surface area contributed by atoms with Crippen molar-refractivity contribution in [3.8, 4) is 0 Å². The molecule has 140 valence electrons. The van der Waals surface area contributed by atoms with Crippen LogP contribution < -0.4 is 15.5 Å². The van der Waals surface area contributed by atoms with Crippen molar-refractivity contribution in [1.82, 2.24) is 30.1 Å². The van der Waals surface area contributed by atoms with Gasteiger partial charge in [0.25, 0.3) is 0 Å². The highest BCUT2D eigenvalue weighted by Gasteiger charge is 2.25. The molecule has 1 saturated heterocycles. The molecule has 1 atom stereocenters. The number of para-hydroxylation sites is 1. The van der Waals surface area contributed by atoms with E-state index in [0.717, 1.165) is 29.7 Å². The van der Waals surface area contributed by atoms with E-state index in [2.05, 4.69) is 35.8 Å². The summed E-state index contributed by atoms with van der Waals surface area (Å²) in [6, 6.07) is 13.2. The number of rotatable bonds is 3. The Morgan fingerprint density at radius 3 is 3.04 bits per heavy atom. The minimum atomic E-state index is -0.229. The maximum Gasteiger partial charge on any atom is 0.319 e. The van der Waals surface area contributed by atoms with Gasteiger partial charge in [0.05, 0.1) is 11.2 Å². The van der Waals surface area contributed by atoms with E-state index in [-0.39, 0.29) is 12.1 Å². The van der Waals surface area contributed by atoms with Crippen molar-refractivity contribution in [3.05, 3.63) is 55.0 Å². The fourth-order valence-corrected chi connectivity index (χ4v) is 3.52. The number of hydrogen-bond acceptors (Lipinski definition) is 6. The van der Waals surface area contributed by atoms with E-state index in [1.807, 2.05) is 42.5 Å². The highest BCUT2D eigenvalue weighted by Crippen LogP contribution is 2.21. The molecule has 9 nitrogen and oxygen atoms in total. The lowest BCUT2D eigenvalue weighted by atomic mass is 10.2. The van der Waals surface area contributed by atoms with Crippen LogP contribution in [0.2, 0.25) is 0 Å². The van der Waals surface area contributed by atoms with E-state index in [9.17, 15) is 4.79 Å². The smallest absolute Gasteiger partial charge is 0.319 e. The first kappa shape index (κ1) is 16.4. The first-order valence-electron chi connectivity index (χ1n) is 9.09. The molecule has 1 unspecified atom stereocenters. The molecule has 1 aliphatic heterocycles. The Balaban J connectivity index is 1.24. The number of nitrogens with zero attached hydrogens (tertiary/aromatic N) is 6. The van der Waals surface area contributed by atoms with E-state index < -0.39 is 0 Å². The van der Waals surface area contributed by atoms with Crippen molar-refractivity contribution in [2.24, 2.45) is 0 Å². The number of pyridine rings is 1. The molecule has 2 amide bonds. The van der Waals surface area contributed by atoms with Gasteiger partial charge in [-0.25, -0.2) is 4.79 Å². The molecule has 1 aromatic carbocycles. The summed E-state index contributed by atoms with van der Waals surface area (Å²) in [7, 11) is 0. The normalized spacial score (nSPS) is 16.6. The van der Waals surface area contributed by atoms with Crippen molar-refractivity contribution in [2.45, 2.75) is 12.5 Å². The molecule has 3 aromatic heterocycles. The summed E-state index contributed by atoms with van der Waals surface area (Å²) in [4.78, 5) is 19.0. The number of urea groups is 1. The molecule has 4 aromatic rings. The number of fused-ring (bicyclic) bond motifs is 2. The Morgan fingerprint density at radius 2 is 2.07 bits per heavy atom. The van der Waals surface area contributed by atoms with Crippen LogP contribution in [0.1, 0.15) is 6.42 Å². The summed E-state index contributed by atoms with van der Waals surface area (Å²) in [5, 5.41) is 19.3. The third-order valence-corrected chi connectivity index (χ3v) is 4.88. The van der Waals surface area contributed by atoms with Gasteiger partial charge in [-0.3, -0.25) is 4.98 Å². The van der Waals surface area contributed by atoms with Gasteiger partial charge in [-0.05, 0) is 30.7 Å². The van der Waals surface area contributed by atoms with Crippen molar-refractivity contribution < 1.29 is 4.79 Å². The maximum atomic E-state index is 12.5. The standard InChI is InChI=1S/C19H18N8O/c28-19(23-15-5-1-3-13-4-2-9-20-18(13)15)22-14-8-10-26(11-14)17-7-6-16-24-21-12-27(16)25-17/h1-7,9,12,14H,8,10-11H2,(H2,22,23,28). The fourth-order valence-electron chi connectivity index (χ4n) is 3.52. The van der Waals surface area contributed by atoms with Crippen LogP contribution in [0.4, 0.5) is 16.3 Å². The Hall–Kier alpha value is -3.75. The molecule has 2 N–H and O–H groups in total. The number of hydrogen-bond donors (Lipinski definition) is 2. The molecule has 4 heterocycles. The van der Waals surface area contributed by atoms with E-state index in [1.54, 1.807) is 17.0 Å². The maximum absolute atomic E-state index is 12.5. The lowest BCUT2D eigenvalue weighted by Gasteiger charge is -2.18. The second-order valence-corrected chi connectivity index (χ2v) is 6.74. The summed E-state index contributed by atoms with van der Waals surface area (Å²) >= 11 is 0. The third-order valence-electron chi connectivity index (χ3n) is 4.88. The molecular weight excluding hydrogens is 356 g/mol. The van der Waals surface area contributed by atoms with Gasteiger partial charge in [0.15, 0.2) is 5.65 Å². The molecular formula is C19H18N8O. The fraction of sp³-hybridized carbons (Fsp3) is 0.211. The van der Waals surface area contributed by atoms with Crippen molar-refractivity contribution in [1.29, 1.82) is 0 Å². The zero-order valence-corrected chi connectivity index (χ0v) is 15.0. The first-order chi connectivity index (χ1) is 13.8. The van der Waals surface area contributed by atoms with Crippen LogP contribution in [0.5, 0.6) is 0 Å². The number of aromatic nitrogens is 5. The predicted molar refractivity (Wildman–Crippen MR) is 105 cm³/mol. The van der Waals surface area contributed by atoms with Crippen molar-refractivity contribution in [3.63, 3.8) is 0 Å². The number of amides is 2. The minimum Gasteiger partial charge on any atom is -0.353 e.